The number of hydrogen-bond donors (Lipinski definition) is 3. The lowest BCUT2D eigenvalue weighted by Gasteiger charge is -2.41. The Morgan fingerprint density at radius 2 is 1.80 bits per heavy atom. The van der Waals surface area contributed by atoms with Crippen LogP contribution >= 0.6 is 0 Å². The molecule has 1 fully saturated rings. The van der Waals surface area contributed by atoms with E-state index in [9.17, 15) is 0 Å². The largest absolute Gasteiger partial charge is 0.399 e. The summed E-state index contributed by atoms with van der Waals surface area (Å²) in [7, 11) is 0. The molecule has 1 aromatic carbocycles. The highest BCUT2D eigenvalue weighted by Gasteiger charge is 2.37. The first kappa shape index (κ1) is 8.89. The maximum atomic E-state index is 5.78. The summed E-state index contributed by atoms with van der Waals surface area (Å²) in [5.74, 6) is 0. The summed E-state index contributed by atoms with van der Waals surface area (Å²) in [5, 5.41) is 7.04. The first-order valence-electron chi connectivity index (χ1n) is 5.65. The average molecular weight is 203 g/mol. The molecule has 1 saturated carbocycles. The highest BCUT2D eigenvalue weighted by molar-refractivity contribution is 5.73. The van der Waals surface area contributed by atoms with Gasteiger partial charge >= 0.3 is 0 Å². The number of nitrogen functional groups attached to an aromatic ring is 1. The second kappa shape index (κ2) is 3.05. The van der Waals surface area contributed by atoms with Crippen LogP contribution in [0.4, 0.5) is 17.1 Å². The Labute approximate surface area is 90.0 Å². The van der Waals surface area contributed by atoms with Gasteiger partial charge < -0.3 is 16.4 Å². The molecule has 0 saturated heterocycles. The molecule has 0 bridgehead atoms. The van der Waals surface area contributed by atoms with Crippen LogP contribution in [0.3, 0.4) is 0 Å². The average Bonchev–Trinajstić information content (AvgIpc) is 2.36. The number of nitrogens with two attached hydrogens (primary N) is 1. The maximum absolute atomic E-state index is 5.78. The van der Waals surface area contributed by atoms with Crippen molar-refractivity contribution in [3.8, 4) is 0 Å². The summed E-state index contributed by atoms with van der Waals surface area (Å²) in [5.41, 5.74) is 9.44. The topological polar surface area (TPSA) is 50.1 Å². The lowest BCUT2D eigenvalue weighted by atomic mass is 9.69. The molecule has 1 aliphatic heterocycles. The quantitative estimate of drug-likeness (QED) is 0.567. The number of hydrogen-bond acceptors (Lipinski definition) is 3. The van der Waals surface area contributed by atoms with Crippen molar-refractivity contribution in [2.45, 2.75) is 19.3 Å². The van der Waals surface area contributed by atoms with E-state index >= 15 is 0 Å². The Hall–Kier alpha value is -1.38. The monoisotopic (exact) mass is 203 g/mol. The fourth-order valence-electron chi connectivity index (χ4n) is 2.52. The molecule has 0 atom stereocenters. The summed E-state index contributed by atoms with van der Waals surface area (Å²) in [4.78, 5) is 0. The molecule has 1 aliphatic carbocycles. The number of nitrogens with one attached hydrogen (secondary N) is 2. The van der Waals surface area contributed by atoms with Crippen LogP contribution in [-0.4, -0.2) is 13.1 Å². The van der Waals surface area contributed by atoms with Crippen molar-refractivity contribution in [2.75, 3.05) is 29.5 Å². The molecule has 3 rings (SSSR count). The van der Waals surface area contributed by atoms with Crippen LogP contribution in [0.25, 0.3) is 0 Å². The Kier molecular flexibility index (Phi) is 1.81. The van der Waals surface area contributed by atoms with Gasteiger partial charge in [-0.2, -0.15) is 0 Å². The van der Waals surface area contributed by atoms with Gasteiger partial charge in [0.1, 0.15) is 0 Å². The van der Waals surface area contributed by atoms with Crippen LogP contribution in [0, 0.1) is 5.41 Å². The summed E-state index contributed by atoms with van der Waals surface area (Å²) in [6.07, 6.45) is 4.06. The van der Waals surface area contributed by atoms with E-state index in [2.05, 4.69) is 16.7 Å². The van der Waals surface area contributed by atoms with Gasteiger partial charge in [-0.1, -0.05) is 6.42 Å². The number of anilines is 3. The third kappa shape index (κ3) is 1.42. The molecule has 1 aromatic rings. The molecular weight excluding hydrogens is 186 g/mol. The van der Waals surface area contributed by atoms with Gasteiger partial charge in [0.05, 0.1) is 11.4 Å². The first-order valence-corrected chi connectivity index (χ1v) is 5.65. The van der Waals surface area contributed by atoms with E-state index in [1.165, 1.54) is 24.9 Å². The van der Waals surface area contributed by atoms with Gasteiger partial charge in [-0.25, -0.2) is 0 Å². The molecule has 15 heavy (non-hydrogen) atoms. The van der Waals surface area contributed by atoms with Gasteiger partial charge in [0.2, 0.25) is 0 Å². The van der Waals surface area contributed by atoms with Crippen molar-refractivity contribution in [3.63, 3.8) is 0 Å². The first-order chi connectivity index (χ1) is 7.27. The summed E-state index contributed by atoms with van der Waals surface area (Å²) < 4.78 is 0. The van der Waals surface area contributed by atoms with Crippen molar-refractivity contribution in [2.24, 2.45) is 5.41 Å². The zero-order chi connectivity index (χ0) is 10.3. The molecule has 3 nitrogen and oxygen atoms in total. The maximum Gasteiger partial charge on any atom is 0.0596 e. The van der Waals surface area contributed by atoms with Crippen LogP contribution in [0.5, 0.6) is 0 Å². The van der Waals surface area contributed by atoms with Crippen LogP contribution in [-0.2, 0) is 0 Å². The van der Waals surface area contributed by atoms with Gasteiger partial charge in [0, 0.05) is 24.2 Å². The van der Waals surface area contributed by atoms with Gasteiger partial charge in [-0.15, -0.1) is 0 Å². The van der Waals surface area contributed by atoms with Gasteiger partial charge in [0.25, 0.3) is 0 Å². The summed E-state index contributed by atoms with van der Waals surface area (Å²) in [6, 6.07) is 6.03. The predicted molar refractivity (Wildman–Crippen MR) is 64.1 cm³/mol. The van der Waals surface area contributed by atoms with E-state index in [0.29, 0.717) is 5.41 Å². The van der Waals surface area contributed by atoms with E-state index in [0.717, 1.165) is 24.5 Å². The van der Waals surface area contributed by atoms with E-state index in [4.69, 9.17) is 5.73 Å². The molecular formula is C12H17N3. The van der Waals surface area contributed by atoms with Crippen LogP contribution in [0.1, 0.15) is 19.3 Å². The number of fused-ring (bicyclic) bond motifs is 1. The lowest BCUT2D eigenvalue weighted by molar-refractivity contribution is 0.171. The number of benzene rings is 1. The van der Waals surface area contributed by atoms with Crippen molar-refractivity contribution in [1.29, 1.82) is 0 Å². The zero-order valence-corrected chi connectivity index (χ0v) is 8.84. The molecule has 0 radical (unpaired) electrons. The SMILES string of the molecule is Nc1ccc2c(c1)NCC1(CCC1)CN2. The molecule has 3 heteroatoms. The third-order valence-electron chi connectivity index (χ3n) is 3.77. The van der Waals surface area contributed by atoms with E-state index in [1.54, 1.807) is 0 Å². The minimum Gasteiger partial charge on any atom is -0.399 e. The van der Waals surface area contributed by atoms with E-state index in [1.807, 2.05) is 12.1 Å². The predicted octanol–water partition coefficient (Wildman–Crippen LogP) is 2.28. The van der Waals surface area contributed by atoms with Crippen LogP contribution in [0.15, 0.2) is 18.2 Å². The molecule has 2 aliphatic rings. The van der Waals surface area contributed by atoms with Crippen molar-refractivity contribution < 1.29 is 0 Å². The van der Waals surface area contributed by atoms with E-state index < -0.39 is 0 Å². The zero-order valence-electron chi connectivity index (χ0n) is 8.84. The molecule has 0 aromatic heterocycles. The Balaban J connectivity index is 1.88. The minimum absolute atomic E-state index is 0.494. The second-order valence-electron chi connectivity index (χ2n) is 4.87. The van der Waals surface area contributed by atoms with Crippen molar-refractivity contribution >= 4 is 17.1 Å². The second-order valence-corrected chi connectivity index (χ2v) is 4.87. The van der Waals surface area contributed by atoms with E-state index in [-0.39, 0.29) is 0 Å². The molecule has 4 N–H and O–H groups in total. The fraction of sp³-hybridized carbons (Fsp3) is 0.500. The smallest absolute Gasteiger partial charge is 0.0596 e. The minimum atomic E-state index is 0.494. The highest BCUT2D eigenvalue weighted by atomic mass is 15.0. The summed E-state index contributed by atoms with van der Waals surface area (Å²) in [6.45, 7) is 2.17. The molecule has 0 amide bonds. The molecule has 80 valence electrons. The van der Waals surface area contributed by atoms with Crippen molar-refractivity contribution in [1.82, 2.24) is 0 Å². The number of rotatable bonds is 0. The van der Waals surface area contributed by atoms with Gasteiger partial charge in [-0.05, 0) is 31.0 Å². The molecule has 1 heterocycles. The van der Waals surface area contributed by atoms with Crippen LogP contribution < -0.4 is 16.4 Å². The van der Waals surface area contributed by atoms with Crippen LogP contribution in [0.2, 0.25) is 0 Å². The Morgan fingerprint density at radius 1 is 1.07 bits per heavy atom. The standard InChI is InChI=1S/C12H17N3/c13-9-2-3-10-11(6-9)15-8-12(7-14-10)4-1-5-12/h2-3,6,14-15H,1,4-5,7-8,13H2. The van der Waals surface area contributed by atoms with Crippen molar-refractivity contribution in [3.05, 3.63) is 18.2 Å². The normalized spacial score (nSPS) is 21.9. The Morgan fingerprint density at radius 3 is 2.47 bits per heavy atom. The van der Waals surface area contributed by atoms with Gasteiger partial charge in [-0.3, -0.25) is 0 Å². The lowest BCUT2D eigenvalue weighted by Crippen LogP contribution is -2.40. The molecule has 0 unspecified atom stereocenters. The fourth-order valence-corrected chi connectivity index (χ4v) is 2.52. The third-order valence-corrected chi connectivity index (χ3v) is 3.77. The highest BCUT2D eigenvalue weighted by Crippen LogP contribution is 2.43. The molecule has 1 spiro atoms. The van der Waals surface area contributed by atoms with Gasteiger partial charge in [0.15, 0.2) is 0 Å². The Bertz CT molecular complexity index is 382. The summed E-state index contributed by atoms with van der Waals surface area (Å²) >= 11 is 0.